The average molecular weight is 194 g/mol. The Morgan fingerprint density at radius 3 is 2.57 bits per heavy atom. The second-order valence-corrected chi connectivity index (χ2v) is 3.60. The smallest absolute Gasteiger partial charge is 0.310 e. The van der Waals surface area contributed by atoms with Gasteiger partial charge < -0.3 is 10.8 Å². The molecular formula is C10H14N2O2. The number of pyridine rings is 1. The van der Waals surface area contributed by atoms with E-state index in [9.17, 15) is 4.79 Å². The van der Waals surface area contributed by atoms with Gasteiger partial charge in [0.05, 0.1) is 5.41 Å². The van der Waals surface area contributed by atoms with E-state index in [-0.39, 0.29) is 6.54 Å². The molecule has 0 saturated carbocycles. The maximum Gasteiger partial charge on any atom is 0.310 e. The van der Waals surface area contributed by atoms with Crippen LogP contribution in [0.3, 0.4) is 0 Å². The number of aliphatic carboxylic acids is 1. The van der Waals surface area contributed by atoms with E-state index in [0.717, 1.165) is 5.56 Å². The summed E-state index contributed by atoms with van der Waals surface area (Å²) in [6, 6.07) is 3.60. The van der Waals surface area contributed by atoms with Crippen molar-refractivity contribution in [2.75, 3.05) is 6.54 Å². The summed E-state index contributed by atoms with van der Waals surface area (Å²) in [4.78, 5) is 14.8. The first kappa shape index (κ1) is 10.7. The summed E-state index contributed by atoms with van der Waals surface area (Å²) < 4.78 is 0. The van der Waals surface area contributed by atoms with Gasteiger partial charge in [0.2, 0.25) is 0 Å². The predicted octanol–water partition coefficient (Wildman–Crippen LogP) is 0.674. The molecule has 0 bridgehead atoms. The lowest BCUT2D eigenvalue weighted by atomic mass is 9.84. The molecule has 3 N–H and O–H groups in total. The summed E-state index contributed by atoms with van der Waals surface area (Å²) in [5.74, 6) is -0.864. The largest absolute Gasteiger partial charge is 0.481 e. The number of carbonyl (C=O) groups is 1. The van der Waals surface area contributed by atoms with Crippen molar-refractivity contribution in [2.45, 2.75) is 13.3 Å². The zero-order chi connectivity index (χ0) is 10.6. The number of hydrogen-bond acceptors (Lipinski definition) is 3. The highest BCUT2D eigenvalue weighted by molar-refractivity contribution is 5.74. The quantitative estimate of drug-likeness (QED) is 0.738. The van der Waals surface area contributed by atoms with Crippen molar-refractivity contribution in [3.63, 3.8) is 0 Å². The Balaban J connectivity index is 2.81. The molecule has 0 amide bonds. The molecule has 0 aromatic carbocycles. The molecule has 0 unspecified atom stereocenters. The molecule has 0 fully saturated rings. The monoisotopic (exact) mass is 194 g/mol. The second kappa shape index (κ2) is 4.19. The van der Waals surface area contributed by atoms with Gasteiger partial charge in [-0.3, -0.25) is 9.78 Å². The van der Waals surface area contributed by atoms with Gasteiger partial charge in [0.1, 0.15) is 0 Å². The van der Waals surface area contributed by atoms with Crippen LogP contribution in [0.15, 0.2) is 24.5 Å². The average Bonchev–Trinajstić information content (AvgIpc) is 2.19. The highest BCUT2D eigenvalue weighted by Gasteiger charge is 2.31. The van der Waals surface area contributed by atoms with Gasteiger partial charge in [0, 0.05) is 18.9 Å². The van der Waals surface area contributed by atoms with Crippen LogP contribution in [0, 0.1) is 5.41 Å². The van der Waals surface area contributed by atoms with Gasteiger partial charge in [0.15, 0.2) is 0 Å². The van der Waals surface area contributed by atoms with Gasteiger partial charge in [-0.05, 0) is 31.0 Å². The van der Waals surface area contributed by atoms with Crippen LogP contribution in [-0.4, -0.2) is 22.6 Å². The molecule has 0 aliphatic rings. The normalized spacial score (nSPS) is 14.7. The Kier molecular flexibility index (Phi) is 3.19. The number of nitrogens with zero attached hydrogens (tertiary/aromatic N) is 1. The molecule has 0 aliphatic heterocycles. The number of carboxylic acids is 1. The topological polar surface area (TPSA) is 76.2 Å². The zero-order valence-electron chi connectivity index (χ0n) is 8.10. The third-order valence-corrected chi connectivity index (χ3v) is 2.31. The maximum atomic E-state index is 11.0. The minimum Gasteiger partial charge on any atom is -0.481 e. The molecular weight excluding hydrogens is 180 g/mol. The van der Waals surface area contributed by atoms with E-state index in [0.29, 0.717) is 6.42 Å². The molecule has 4 heteroatoms. The fraction of sp³-hybridized carbons (Fsp3) is 0.400. The molecule has 4 nitrogen and oxygen atoms in total. The predicted molar refractivity (Wildman–Crippen MR) is 52.7 cm³/mol. The van der Waals surface area contributed by atoms with E-state index in [2.05, 4.69) is 4.98 Å². The number of carboxylic acid groups (broad SMARTS) is 1. The van der Waals surface area contributed by atoms with Crippen molar-refractivity contribution < 1.29 is 9.90 Å². The van der Waals surface area contributed by atoms with Gasteiger partial charge in [-0.15, -0.1) is 0 Å². The Labute approximate surface area is 82.8 Å². The third kappa shape index (κ3) is 2.29. The summed E-state index contributed by atoms with van der Waals surface area (Å²) >= 11 is 0. The van der Waals surface area contributed by atoms with Crippen LogP contribution >= 0.6 is 0 Å². The lowest BCUT2D eigenvalue weighted by Crippen LogP contribution is -2.37. The summed E-state index contributed by atoms with van der Waals surface area (Å²) in [5.41, 5.74) is 5.51. The maximum absolute atomic E-state index is 11.0. The molecule has 76 valence electrons. The van der Waals surface area contributed by atoms with Crippen LogP contribution in [-0.2, 0) is 11.2 Å². The molecule has 1 rings (SSSR count). The van der Waals surface area contributed by atoms with Gasteiger partial charge in [0.25, 0.3) is 0 Å². The highest BCUT2D eigenvalue weighted by Crippen LogP contribution is 2.20. The van der Waals surface area contributed by atoms with E-state index >= 15 is 0 Å². The van der Waals surface area contributed by atoms with Gasteiger partial charge in [-0.2, -0.15) is 0 Å². The Bertz CT molecular complexity index is 313. The molecule has 0 aliphatic carbocycles. The summed E-state index contributed by atoms with van der Waals surface area (Å²) in [7, 11) is 0. The van der Waals surface area contributed by atoms with Crippen molar-refractivity contribution in [1.29, 1.82) is 0 Å². The fourth-order valence-electron chi connectivity index (χ4n) is 1.19. The van der Waals surface area contributed by atoms with Crippen molar-refractivity contribution >= 4 is 5.97 Å². The second-order valence-electron chi connectivity index (χ2n) is 3.60. The van der Waals surface area contributed by atoms with Crippen LogP contribution in [0.5, 0.6) is 0 Å². The molecule has 1 aromatic rings. The van der Waals surface area contributed by atoms with Gasteiger partial charge >= 0.3 is 5.97 Å². The number of nitrogens with two attached hydrogens (primary N) is 1. The van der Waals surface area contributed by atoms with Crippen LogP contribution in [0.2, 0.25) is 0 Å². The summed E-state index contributed by atoms with van der Waals surface area (Å²) in [5, 5.41) is 9.00. The van der Waals surface area contributed by atoms with E-state index in [4.69, 9.17) is 10.8 Å². The van der Waals surface area contributed by atoms with E-state index in [1.54, 1.807) is 31.5 Å². The van der Waals surface area contributed by atoms with Crippen molar-refractivity contribution in [1.82, 2.24) is 4.98 Å². The first-order valence-electron chi connectivity index (χ1n) is 4.41. The van der Waals surface area contributed by atoms with Crippen LogP contribution in [0.4, 0.5) is 0 Å². The number of hydrogen-bond donors (Lipinski definition) is 2. The van der Waals surface area contributed by atoms with E-state index in [1.165, 1.54) is 0 Å². The third-order valence-electron chi connectivity index (χ3n) is 2.31. The zero-order valence-corrected chi connectivity index (χ0v) is 8.10. The van der Waals surface area contributed by atoms with Gasteiger partial charge in [-0.1, -0.05) is 0 Å². The number of rotatable bonds is 4. The highest BCUT2D eigenvalue weighted by atomic mass is 16.4. The molecule has 1 aromatic heterocycles. The Morgan fingerprint density at radius 2 is 2.14 bits per heavy atom. The molecule has 1 heterocycles. The SMILES string of the molecule is C[C@](CN)(Cc1ccncc1)C(=O)O. The first-order valence-corrected chi connectivity index (χ1v) is 4.41. The lowest BCUT2D eigenvalue weighted by molar-refractivity contribution is -0.147. The molecule has 0 spiro atoms. The fourth-order valence-corrected chi connectivity index (χ4v) is 1.19. The van der Waals surface area contributed by atoms with Crippen LogP contribution < -0.4 is 5.73 Å². The molecule has 0 radical (unpaired) electrons. The molecule has 14 heavy (non-hydrogen) atoms. The molecule has 1 atom stereocenters. The summed E-state index contributed by atoms with van der Waals surface area (Å²) in [6.45, 7) is 1.78. The Hall–Kier alpha value is -1.42. The van der Waals surface area contributed by atoms with Crippen molar-refractivity contribution in [2.24, 2.45) is 11.1 Å². The summed E-state index contributed by atoms with van der Waals surface area (Å²) in [6.07, 6.45) is 3.73. The van der Waals surface area contributed by atoms with Gasteiger partial charge in [-0.25, -0.2) is 0 Å². The van der Waals surface area contributed by atoms with E-state index in [1.807, 2.05) is 0 Å². The number of aromatic nitrogens is 1. The van der Waals surface area contributed by atoms with Crippen LogP contribution in [0.25, 0.3) is 0 Å². The van der Waals surface area contributed by atoms with E-state index < -0.39 is 11.4 Å². The van der Waals surface area contributed by atoms with Crippen molar-refractivity contribution in [3.05, 3.63) is 30.1 Å². The molecule has 0 saturated heterocycles. The minimum atomic E-state index is -0.888. The van der Waals surface area contributed by atoms with Crippen molar-refractivity contribution in [3.8, 4) is 0 Å². The Morgan fingerprint density at radius 1 is 1.57 bits per heavy atom. The lowest BCUT2D eigenvalue weighted by Gasteiger charge is -2.22. The standard InChI is InChI=1S/C10H14N2O2/c1-10(7-11,9(13)14)6-8-2-4-12-5-3-8/h2-5H,6-7,11H2,1H3,(H,13,14)/t10-/m1/s1. The van der Waals surface area contributed by atoms with Crippen LogP contribution in [0.1, 0.15) is 12.5 Å². The minimum absolute atomic E-state index is 0.130. The first-order chi connectivity index (χ1) is 6.58.